The van der Waals surface area contributed by atoms with Gasteiger partial charge < -0.3 is 0 Å². The monoisotopic (exact) mass is 440 g/mol. The minimum absolute atomic E-state index is 0.0312. The van der Waals surface area contributed by atoms with Gasteiger partial charge in [0.05, 0.1) is 0 Å². The molecule has 3 rings (SSSR count). The van der Waals surface area contributed by atoms with Crippen LogP contribution < -0.4 is 10.9 Å². The maximum absolute atomic E-state index is 12.8. The van der Waals surface area contributed by atoms with Crippen molar-refractivity contribution in [3.8, 4) is 0 Å². The van der Waals surface area contributed by atoms with E-state index in [2.05, 4.69) is 25.9 Å². The summed E-state index contributed by atoms with van der Waals surface area (Å²) in [5.74, 6) is -2.44. The van der Waals surface area contributed by atoms with Crippen molar-refractivity contribution in [1.29, 1.82) is 0 Å². The van der Waals surface area contributed by atoms with E-state index in [-0.39, 0.29) is 18.6 Å². The molecule has 158 valence electrons. The van der Waals surface area contributed by atoms with Crippen molar-refractivity contribution in [3.05, 3.63) is 57.6 Å². The first-order valence-corrected chi connectivity index (χ1v) is 9.09. The fourth-order valence-corrected chi connectivity index (χ4v) is 2.92. The standard InChI is InChI=1S/C18H16ClF3N6O2/c1-9-13(10(2)28-17(23-9)24-16(27-28)18(20,21)22)7-8-14(29)25-26-15(30)11-3-5-12(19)6-4-11/h3-6H,7-8H2,1-2H3,(H,25,29)(H,26,30). The smallest absolute Gasteiger partial charge is 0.273 e. The second-order valence-corrected chi connectivity index (χ2v) is 6.85. The second kappa shape index (κ2) is 8.27. The Bertz CT molecular complexity index is 1110. The predicted octanol–water partition coefficient (Wildman–Crippen LogP) is 2.81. The molecule has 30 heavy (non-hydrogen) atoms. The zero-order valence-corrected chi connectivity index (χ0v) is 16.6. The van der Waals surface area contributed by atoms with Gasteiger partial charge >= 0.3 is 6.18 Å². The lowest BCUT2D eigenvalue weighted by Gasteiger charge is -2.11. The SMILES string of the molecule is Cc1nc2nc(C(F)(F)F)nn2c(C)c1CCC(=O)NNC(=O)c1ccc(Cl)cc1. The fraction of sp³-hybridized carbons (Fsp3) is 0.278. The second-order valence-electron chi connectivity index (χ2n) is 6.42. The van der Waals surface area contributed by atoms with E-state index in [1.54, 1.807) is 26.0 Å². The Hall–Kier alpha value is -3.21. The quantitative estimate of drug-likeness (QED) is 0.607. The number of carbonyl (C=O) groups is 2. The number of carbonyl (C=O) groups excluding carboxylic acids is 2. The van der Waals surface area contributed by atoms with Crippen LogP contribution in [0.2, 0.25) is 5.02 Å². The average Bonchev–Trinajstić information content (AvgIpc) is 3.11. The topological polar surface area (TPSA) is 101 Å². The maximum Gasteiger partial charge on any atom is 0.453 e. The summed E-state index contributed by atoms with van der Waals surface area (Å²) in [4.78, 5) is 31.5. The number of aryl methyl sites for hydroxylation is 2. The Kier molecular flexibility index (Phi) is 5.92. The van der Waals surface area contributed by atoms with Crippen molar-refractivity contribution in [2.45, 2.75) is 32.9 Å². The first kappa shape index (κ1) is 21.5. The zero-order valence-electron chi connectivity index (χ0n) is 15.8. The minimum Gasteiger partial charge on any atom is -0.273 e. The molecule has 12 heteroatoms. The average molecular weight is 441 g/mol. The molecule has 0 fully saturated rings. The number of fused-ring (bicyclic) bond motifs is 1. The largest absolute Gasteiger partial charge is 0.453 e. The van der Waals surface area contributed by atoms with Crippen LogP contribution in [0.4, 0.5) is 13.2 Å². The summed E-state index contributed by atoms with van der Waals surface area (Å²) in [5, 5.41) is 3.94. The summed E-state index contributed by atoms with van der Waals surface area (Å²) in [6, 6.07) is 6.10. The number of rotatable bonds is 4. The number of benzene rings is 1. The highest BCUT2D eigenvalue weighted by Gasteiger charge is 2.36. The lowest BCUT2D eigenvalue weighted by atomic mass is 10.1. The Morgan fingerprint density at radius 3 is 2.40 bits per heavy atom. The predicted molar refractivity (Wildman–Crippen MR) is 101 cm³/mol. The van der Waals surface area contributed by atoms with E-state index < -0.39 is 23.8 Å². The number of nitrogens with zero attached hydrogens (tertiary/aromatic N) is 4. The van der Waals surface area contributed by atoms with Gasteiger partial charge in [-0.25, -0.2) is 9.50 Å². The molecule has 1 aromatic carbocycles. The number of aromatic nitrogens is 4. The van der Waals surface area contributed by atoms with Gasteiger partial charge in [0.2, 0.25) is 5.91 Å². The van der Waals surface area contributed by atoms with Gasteiger partial charge in [-0.3, -0.25) is 20.4 Å². The number of hydrazine groups is 1. The minimum atomic E-state index is -4.68. The number of halogens is 4. The third-order valence-corrected chi connectivity index (χ3v) is 4.58. The van der Waals surface area contributed by atoms with Crippen LogP contribution in [0.15, 0.2) is 24.3 Å². The molecule has 3 aromatic rings. The zero-order chi connectivity index (χ0) is 22.1. The molecule has 0 unspecified atom stereocenters. The maximum atomic E-state index is 12.8. The molecule has 0 saturated carbocycles. The molecule has 0 spiro atoms. The Balaban J connectivity index is 1.65. The van der Waals surface area contributed by atoms with Gasteiger partial charge in [-0.2, -0.15) is 18.2 Å². The number of hydrogen-bond donors (Lipinski definition) is 2. The molecule has 0 atom stereocenters. The molecule has 0 bridgehead atoms. The lowest BCUT2D eigenvalue weighted by Crippen LogP contribution is -2.41. The van der Waals surface area contributed by atoms with Crippen molar-refractivity contribution >= 4 is 29.2 Å². The first-order valence-electron chi connectivity index (χ1n) is 8.71. The highest BCUT2D eigenvalue weighted by molar-refractivity contribution is 6.30. The molecule has 0 radical (unpaired) electrons. The van der Waals surface area contributed by atoms with Crippen LogP contribution in [0.5, 0.6) is 0 Å². The van der Waals surface area contributed by atoms with Crippen LogP contribution in [0.3, 0.4) is 0 Å². The summed E-state index contributed by atoms with van der Waals surface area (Å²) >= 11 is 5.76. The van der Waals surface area contributed by atoms with Crippen molar-refractivity contribution in [1.82, 2.24) is 30.4 Å². The van der Waals surface area contributed by atoms with E-state index in [0.717, 1.165) is 4.52 Å². The summed E-state index contributed by atoms with van der Waals surface area (Å²) < 4.78 is 39.5. The Labute approximate surface area is 173 Å². The summed E-state index contributed by atoms with van der Waals surface area (Å²) in [7, 11) is 0. The summed E-state index contributed by atoms with van der Waals surface area (Å²) in [5.41, 5.74) is 6.30. The van der Waals surface area contributed by atoms with Crippen molar-refractivity contribution in [3.63, 3.8) is 0 Å². The molecule has 2 aromatic heterocycles. The van der Waals surface area contributed by atoms with Gasteiger partial charge in [-0.15, -0.1) is 5.10 Å². The van der Waals surface area contributed by atoms with Crippen LogP contribution in [0.25, 0.3) is 5.78 Å². The molecule has 0 aliphatic rings. The molecule has 2 amide bonds. The van der Waals surface area contributed by atoms with E-state index in [9.17, 15) is 22.8 Å². The van der Waals surface area contributed by atoms with Crippen molar-refractivity contribution in [2.75, 3.05) is 0 Å². The number of amides is 2. The fourth-order valence-electron chi connectivity index (χ4n) is 2.79. The van der Waals surface area contributed by atoms with E-state index in [4.69, 9.17) is 11.6 Å². The van der Waals surface area contributed by atoms with Crippen LogP contribution in [-0.4, -0.2) is 31.4 Å². The van der Waals surface area contributed by atoms with E-state index >= 15 is 0 Å². The van der Waals surface area contributed by atoms with Gasteiger partial charge in [-0.1, -0.05) is 11.6 Å². The number of alkyl halides is 3. The van der Waals surface area contributed by atoms with Gasteiger partial charge in [0.15, 0.2) is 0 Å². The summed E-state index contributed by atoms with van der Waals surface area (Å²) in [6.45, 7) is 3.19. The first-order chi connectivity index (χ1) is 14.1. The van der Waals surface area contributed by atoms with Crippen LogP contribution in [-0.2, 0) is 17.4 Å². The summed E-state index contributed by atoms with van der Waals surface area (Å²) in [6.07, 6.45) is -4.53. The molecule has 0 aliphatic carbocycles. The molecule has 2 heterocycles. The van der Waals surface area contributed by atoms with E-state index in [1.807, 2.05) is 0 Å². The highest BCUT2D eigenvalue weighted by Crippen LogP contribution is 2.27. The van der Waals surface area contributed by atoms with Gasteiger partial charge in [0.1, 0.15) is 0 Å². The molecule has 8 nitrogen and oxygen atoms in total. The molecular formula is C18H16ClF3N6O2. The normalized spacial score (nSPS) is 11.5. The third-order valence-electron chi connectivity index (χ3n) is 4.33. The Morgan fingerprint density at radius 2 is 1.77 bits per heavy atom. The van der Waals surface area contributed by atoms with Crippen LogP contribution in [0.1, 0.15) is 39.6 Å². The molecule has 0 saturated heterocycles. The highest BCUT2D eigenvalue weighted by atomic mass is 35.5. The Morgan fingerprint density at radius 1 is 1.10 bits per heavy atom. The molecule has 0 aliphatic heterocycles. The van der Waals surface area contributed by atoms with E-state index in [0.29, 0.717) is 27.5 Å². The number of nitrogens with one attached hydrogen (secondary N) is 2. The number of hydrogen-bond acceptors (Lipinski definition) is 5. The van der Waals surface area contributed by atoms with E-state index in [1.165, 1.54) is 12.1 Å². The van der Waals surface area contributed by atoms with Gasteiger partial charge in [0.25, 0.3) is 17.5 Å². The van der Waals surface area contributed by atoms with Gasteiger partial charge in [-0.05, 0) is 50.1 Å². The molecular weight excluding hydrogens is 425 g/mol. The molecule has 2 N–H and O–H groups in total. The van der Waals surface area contributed by atoms with Crippen LogP contribution in [0, 0.1) is 13.8 Å². The third kappa shape index (κ3) is 4.67. The van der Waals surface area contributed by atoms with Crippen molar-refractivity contribution in [2.24, 2.45) is 0 Å². The van der Waals surface area contributed by atoms with Gasteiger partial charge in [0, 0.05) is 28.4 Å². The van der Waals surface area contributed by atoms with Crippen LogP contribution >= 0.6 is 11.6 Å². The lowest BCUT2D eigenvalue weighted by molar-refractivity contribution is -0.144. The van der Waals surface area contributed by atoms with Crippen molar-refractivity contribution < 1.29 is 22.8 Å².